The van der Waals surface area contributed by atoms with Crippen molar-refractivity contribution in [3.8, 4) is 0 Å². The van der Waals surface area contributed by atoms with Crippen LogP contribution in [0, 0.1) is 0 Å². The molecule has 0 fully saturated rings. The van der Waals surface area contributed by atoms with Gasteiger partial charge in [-0.2, -0.15) is 0 Å². The van der Waals surface area contributed by atoms with Gasteiger partial charge in [0.05, 0.1) is 11.9 Å². The van der Waals surface area contributed by atoms with Crippen molar-refractivity contribution >= 4 is 23.1 Å². The van der Waals surface area contributed by atoms with E-state index in [2.05, 4.69) is 31.8 Å². The van der Waals surface area contributed by atoms with Crippen molar-refractivity contribution in [2.45, 2.75) is 6.92 Å². The number of fused-ring (bicyclic) bond motifs is 1. The fourth-order valence-electron chi connectivity index (χ4n) is 2.43. The molecule has 2 amide bonds. The first-order valence-corrected chi connectivity index (χ1v) is 7.12. The first-order valence-electron chi connectivity index (χ1n) is 7.12. The summed E-state index contributed by atoms with van der Waals surface area (Å²) in [4.78, 5) is 20.3. The Morgan fingerprint density at radius 2 is 2.18 bits per heavy atom. The van der Waals surface area contributed by atoms with E-state index in [1.165, 1.54) is 0 Å². The summed E-state index contributed by atoms with van der Waals surface area (Å²) in [5.74, 6) is 0.444. The molecule has 8 heteroatoms. The van der Waals surface area contributed by atoms with Gasteiger partial charge in [0.15, 0.2) is 11.5 Å². The minimum absolute atomic E-state index is 0.285. The highest BCUT2D eigenvalue weighted by Crippen LogP contribution is 2.24. The number of aromatic nitrogens is 3. The van der Waals surface area contributed by atoms with E-state index >= 15 is 0 Å². The summed E-state index contributed by atoms with van der Waals surface area (Å²) in [6.45, 7) is 3.23. The van der Waals surface area contributed by atoms with E-state index in [1.807, 2.05) is 36.6 Å². The molecule has 8 nitrogen and oxygen atoms in total. The molecule has 2 N–H and O–H groups in total. The maximum Gasteiger partial charge on any atom is 0.320 e. The maximum absolute atomic E-state index is 11.7. The summed E-state index contributed by atoms with van der Waals surface area (Å²) in [7, 11) is 4.02. The minimum Gasteiger partial charge on any atom is -0.338 e. The predicted molar refractivity (Wildman–Crippen MR) is 84.1 cm³/mol. The molecule has 0 aromatic carbocycles. The van der Waals surface area contributed by atoms with E-state index in [0.29, 0.717) is 18.0 Å². The Morgan fingerprint density at radius 3 is 2.86 bits per heavy atom. The van der Waals surface area contributed by atoms with Crippen LogP contribution in [0.15, 0.2) is 24.8 Å². The molecular weight excluding hydrogens is 282 g/mol. The van der Waals surface area contributed by atoms with Gasteiger partial charge in [0, 0.05) is 51.4 Å². The molecule has 0 saturated heterocycles. The number of nitrogens with zero attached hydrogens (tertiary/aromatic N) is 5. The van der Waals surface area contributed by atoms with Gasteiger partial charge in [-0.1, -0.05) is 0 Å². The van der Waals surface area contributed by atoms with Crippen molar-refractivity contribution in [1.29, 1.82) is 0 Å². The van der Waals surface area contributed by atoms with Crippen LogP contribution in [0.3, 0.4) is 0 Å². The van der Waals surface area contributed by atoms with Crippen molar-refractivity contribution in [3.05, 3.63) is 30.5 Å². The largest absolute Gasteiger partial charge is 0.338 e. The Hall–Kier alpha value is -2.61. The van der Waals surface area contributed by atoms with Gasteiger partial charge in [-0.05, 0) is 6.92 Å². The highest BCUT2D eigenvalue weighted by molar-refractivity contribution is 5.91. The predicted octanol–water partition coefficient (Wildman–Crippen LogP) is 1.00. The molecule has 0 aliphatic carbocycles. The number of carbonyl (C=O) groups is 1. The lowest BCUT2D eigenvalue weighted by Crippen LogP contribution is -2.28. The fraction of sp³-hybridized carbons (Fsp3) is 0.357. The van der Waals surface area contributed by atoms with Crippen LogP contribution in [0.25, 0.3) is 11.2 Å². The minimum atomic E-state index is -0.285. The van der Waals surface area contributed by atoms with E-state index in [9.17, 15) is 4.79 Å². The molecule has 3 rings (SSSR count). The second kappa shape index (κ2) is 5.64. The first kappa shape index (κ1) is 14.3. The number of amides is 2. The second-order valence-electron chi connectivity index (χ2n) is 5.14. The molecule has 0 atom stereocenters. The zero-order valence-electron chi connectivity index (χ0n) is 12.9. The molecule has 0 saturated carbocycles. The average molecular weight is 301 g/mol. The lowest BCUT2D eigenvalue weighted by molar-refractivity contribution is 0.118. The molecule has 1 aliphatic rings. The number of rotatable bonds is 3. The third kappa shape index (κ3) is 2.48. The Balaban J connectivity index is 1.96. The van der Waals surface area contributed by atoms with Gasteiger partial charge in [0.25, 0.3) is 0 Å². The lowest BCUT2D eigenvalue weighted by atomic mass is 10.2. The van der Waals surface area contributed by atoms with E-state index in [0.717, 1.165) is 17.8 Å². The standard InChI is InChI=1S/C14H19N7O/c1-4-15-14(22)18-12-13-17-7-11(21(13)6-5-16-12)10-8-19(2)20(3)9-10/h5-8H,4,9H2,1-3H3,(H2,15,16,18,22). The number of anilines is 1. The number of carbonyl (C=O) groups excluding carboxylic acids is 1. The zero-order valence-corrected chi connectivity index (χ0v) is 12.9. The number of urea groups is 1. The molecular formula is C14H19N7O. The van der Waals surface area contributed by atoms with Crippen molar-refractivity contribution in [2.75, 3.05) is 32.5 Å². The smallest absolute Gasteiger partial charge is 0.320 e. The molecule has 0 bridgehead atoms. The van der Waals surface area contributed by atoms with Crippen LogP contribution in [-0.2, 0) is 0 Å². The summed E-state index contributed by atoms with van der Waals surface area (Å²) in [6.07, 6.45) is 7.38. The molecule has 116 valence electrons. The normalized spacial score (nSPS) is 15.2. The monoisotopic (exact) mass is 301 g/mol. The number of likely N-dealkylation sites (N-methyl/N-ethyl adjacent to an activating group) is 1. The number of hydrogen-bond acceptors (Lipinski definition) is 5. The van der Waals surface area contributed by atoms with Crippen molar-refractivity contribution in [1.82, 2.24) is 29.7 Å². The van der Waals surface area contributed by atoms with E-state index in [-0.39, 0.29) is 6.03 Å². The van der Waals surface area contributed by atoms with Gasteiger partial charge < -0.3 is 10.3 Å². The van der Waals surface area contributed by atoms with Crippen LogP contribution in [-0.4, -0.2) is 57.6 Å². The van der Waals surface area contributed by atoms with Gasteiger partial charge in [-0.15, -0.1) is 0 Å². The topological polar surface area (TPSA) is 77.8 Å². The van der Waals surface area contributed by atoms with Crippen LogP contribution >= 0.6 is 0 Å². The molecule has 22 heavy (non-hydrogen) atoms. The molecule has 2 aromatic heterocycles. The van der Waals surface area contributed by atoms with Crippen molar-refractivity contribution in [3.63, 3.8) is 0 Å². The van der Waals surface area contributed by atoms with Crippen LogP contribution in [0.5, 0.6) is 0 Å². The molecule has 0 radical (unpaired) electrons. The van der Waals surface area contributed by atoms with Crippen molar-refractivity contribution in [2.24, 2.45) is 0 Å². The highest BCUT2D eigenvalue weighted by atomic mass is 16.2. The summed E-state index contributed by atoms with van der Waals surface area (Å²) in [5, 5.41) is 9.54. The fourth-order valence-corrected chi connectivity index (χ4v) is 2.43. The van der Waals surface area contributed by atoms with Gasteiger partial charge in [-0.25, -0.2) is 19.8 Å². The highest BCUT2D eigenvalue weighted by Gasteiger charge is 2.20. The van der Waals surface area contributed by atoms with Gasteiger partial charge in [0.2, 0.25) is 0 Å². The molecule has 0 spiro atoms. The number of hydrogen-bond donors (Lipinski definition) is 2. The third-order valence-corrected chi connectivity index (χ3v) is 3.61. The Morgan fingerprint density at radius 1 is 1.36 bits per heavy atom. The van der Waals surface area contributed by atoms with E-state index in [1.54, 1.807) is 12.4 Å². The SMILES string of the molecule is CCNC(=O)Nc1nccn2c(C3=CN(C)N(C)C3)cnc12. The molecule has 3 heterocycles. The molecule has 0 unspecified atom stereocenters. The van der Waals surface area contributed by atoms with Gasteiger partial charge in [0.1, 0.15) is 0 Å². The Labute approximate surface area is 128 Å². The number of nitrogens with one attached hydrogen (secondary N) is 2. The van der Waals surface area contributed by atoms with E-state index < -0.39 is 0 Å². The third-order valence-electron chi connectivity index (χ3n) is 3.61. The van der Waals surface area contributed by atoms with Crippen LogP contribution < -0.4 is 10.6 Å². The lowest BCUT2D eigenvalue weighted by Gasteiger charge is -2.18. The number of hydrazine groups is 1. The molecule has 1 aliphatic heterocycles. The Kier molecular flexibility index (Phi) is 3.68. The summed E-state index contributed by atoms with van der Waals surface area (Å²) < 4.78 is 1.94. The Bertz CT molecular complexity index is 736. The van der Waals surface area contributed by atoms with Crippen LogP contribution in [0.1, 0.15) is 12.6 Å². The second-order valence-corrected chi connectivity index (χ2v) is 5.14. The summed E-state index contributed by atoms with van der Waals surface area (Å²) in [6, 6.07) is -0.285. The van der Waals surface area contributed by atoms with E-state index in [4.69, 9.17) is 0 Å². The van der Waals surface area contributed by atoms with Gasteiger partial charge >= 0.3 is 6.03 Å². The number of imidazole rings is 1. The van der Waals surface area contributed by atoms with Crippen LogP contribution in [0.4, 0.5) is 10.6 Å². The summed E-state index contributed by atoms with van der Waals surface area (Å²) in [5.41, 5.74) is 2.78. The first-order chi connectivity index (χ1) is 10.6. The maximum atomic E-state index is 11.7. The molecule has 2 aromatic rings. The van der Waals surface area contributed by atoms with Crippen molar-refractivity contribution < 1.29 is 4.79 Å². The summed E-state index contributed by atoms with van der Waals surface area (Å²) >= 11 is 0. The zero-order chi connectivity index (χ0) is 15.7. The quantitative estimate of drug-likeness (QED) is 0.884. The van der Waals surface area contributed by atoms with Gasteiger partial charge in [-0.3, -0.25) is 9.72 Å². The van der Waals surface area contributed by atoms with Crippen LogP contribution in [0.2, 0.25) is 0 Å². The average Bonchev–Trinajstić information content (AvgIpc) is 3.04.